The van der Waals surface area contributed by atoms with Gasteiger partial charge in [0.1, 0.15) is 5.75 Å². The van der Waals surface area contributed by atoms with Crippen LogP contribution in [0, 0.1) is 6.92 Å². The van der Waals surface area contributed by atoms with Gasteiger partial charge in [0, 0.05) is 16.1 Å². The predicted octanol–water partition coefficient (Wildman–Crippen LogP) is 2.74. The highest BCUT2D eigenvalue weighted by Gasteiger charge is 2.11. The number of nitrogens with one attached hydrogen (secondary N) is 1. The van der Waals surface area contributed by atoms with Crippen molar-refractivity contribution in [2.24, 2.45) is 0 Å². The van der Waals surface area contributed by atoms with Gasteiger partial charge in [-0.25, -0.2) is 4.98 Å². The fourth-order valence-corrected chi connectivity index (χ4v) is 2.35. The summed E-state index contributed by atoms with van der Waals surface area (Å²) in [5.41, 5.74) is 0.170. The third-order valence-corrected chi connectivity index (χ3v) is 3.44. The fraction of sp³-hybridized carbons (Fsp3) is 0.167. The topological polar surface area (TPSA) is 62.2 Å². The molecule has 1 heterocycles. The van der Waals surface area contributed by atoms with E-state index in [4.69, 9.17) is 11.6 Å². The van der Waals surface area contributed by atoms with Crippen LogP contribution >= 0.6 is 22.9 Å². The summed E-state index contributed by atoms with van der Waals surface area (Å²) in [5.74, 6) is -0.446. The molecule has 4 nitrogen and oxygen atoms in total. The predicted molar refractivity (Wildman–Crippen MR) is 71.1 cm³/mol. The summed E-state index contributed by atoms with van der Waals surface area (Å²) in [7, 11) is 0. The van der Waals surface area contributed by atoms with Gasteiger partial charge in [-0.3, -0.25) is 4.79 Å². The molecule has 0 fully saturated rings. The molecule has 0 saturated heterocycles. The molecular formula is C12H11ClN2O2S. The Morgan fingerprint density at radius 1 is 1.56 bits per heavy atom. The first-order chi connectivity index (χ1) is 8.56. The molecule has 1 amide bonds. The monoisotopic (exact) mass is 282 g/mol. The number of carbonyl (C=O) groups is 1. The highest BCUT2D eigenvalue weighted by Crippen LogP contribution is 2.21. The molecule has 0 radical (unpaired) electrons. The van der Waals surface area contributed by atoms with Crippen LogP contribution in [-0.4, -0.2) is 16.0 Å². The van der Waals surface area contributed by atoms with Gasteiger partial charge in [-0.15, -0.1) is 11.3 Å². The number of phenols is 1. The van der Waals surface area contributed by atoms with Crippen molar-refractivity contribution in [3.63, 3.8) is 0 Å². The maximum atomic E-state index is 11.9. The second-order valence-corrected chi connectivity index (χ2v) is 5.45. The molecule has 0 bridgehead atoms. The molecule has 0 aliphatic rings. The summed E-state index contributed by atoms with van der Waals surface area (Å²) in [6.45, 7) is 2.29. The Morgan fingerprint density at radius 2 is 2.33 bits per heavy atom. The summed E-state index contributed by atoms with van der Waals surface area (Å²) in [4.78, 5) is 16.9. The van der Waals surface area contributed by atoms with Crippen LogP contribution in [0.4, 0.5) is 0 Å². The average molecular weight is 283 g/mol. The molecule has 1 aromatic heterocycles. The third kappa shape index (κ3) is 3.00. The Balaban J connectivity index is 2.05. The molecule has 0 saturated carbocycles. The highest BCUT2D eigenvalue weighted by atomic mass is 35.5. The second-order valence-electron chi connectivity index (χ2n) is 3.69. The zero-order chi connectivity index (χ0) is 13.1. The van der Waals surface area contributed by atoms with Crippen LogP contribution in [0.25, 0.3) is 0 Å². The Morgan fingerprint density at radius 3 is 3.00 bits per heavy atom. The maximum Gasteiger partial charge on any atom is 0.255 e. The lowest BCUT2D eigenvalue weighted by Gasteiger charge is -2.05. The quantitative estimate of drug-likeness (QED) is 0.910. The first-order valence-corrected chi connectivity index (χ1v) is 6.44. The molecule has 0 spiro atoms. The summed E-state index contributed by atoms with van der Waals surface area (Å²) in [6, 6.07) is 4.36. The standard InChI is InChI=1S/C12H11ClN2O2S/c1-7-14-5-9(18-7)6-15-12(17)10-4-8(13)2-3-11(10)16/h2-5,16H,6H2,1H3,(H,15,17). The molecule has 2 aromatic rings. The number of hydrogen-bond acceptors (Lipinski definition) is 4. The SMILES string of the molecule is Cc1ncc(CNC(=O)c2cc(Cl)ccc2O)s1. The number of aryl methyl sites for hydroxylation is 1. The number of aromatic nitrogens is 1. The highest BCUT2D eigenvalue weighted by molar-refractivity contribution is 7.11. The molecule has 0 aliphatic heterocycles. The van der Waals surface area contributed by atoms with Crippen LogP contribution in [0.15, 0.2) is 24.4 Å². The molecule has 18 heavy (non-hydrogen) atoms. The van der Waals surface area contributed by atoms with Crippen molar-refractivity contribution in [1.82, 2.24) is 10.3 Å². The van der Waals surface area contributed by atoms with Gasteiger partial charge in [-0.1, -0.05) is 11.6 Å². The van der Waals surface area contributed by atoms with Gasteiger partial charge in [0.05, 0.1) is 17.1 Å². The first kappa shape index (κ1) is 12.9. The normalized spacial score (nSPS) is 10.3. The number of aromatic hydroxyl groups is 1. The lowest BCUT2D eigenvalue weighted by atomic mass is 10.2. The van der Waals surface area contributed by atoms with E-state index in [2.05, 4.69) is 10.3 Å². The van der Waals surface area contributed by atoms with E-state index in [1.54, 1.807) is 6.20 Å². The van der Waals surface area contributed by atoms with Crippen molar-refractivity contribution in [1.29, 1.82) is 0 Å². The maximum absolute atomic E-state index is 11.9. The van der Waals surface area contributed by atoms with Gasteiger partial charge < -0.3 is 10.4 Å². The minimum absolute atomic E-state index is 0.0858. The van der Waals surface area contributed by atoms with E-state index >= 15 is 0 Å². The molecule has 0 unspecified atom stereocenters. The molecule has 94 valence electrons. The van der Waals surface area contributed by atoms with Crippen LogP contribution in [0.1, 0.15) is 20.2 Å². The van der Waals surface area contributed by atoms with E-state index in [9.17, 15) is 9.90 Å². The Bertz CT molecular complexity index is 583. The molecule has 0 aliphatic carbocycles. The van der Waals surface area contributed by atoms with Crippen LogP contribution in [0.2, 0.25) is 5.02 Å². The van der Waals surface area contributed by atoms with Gasteiger partial charge in [0.15, 0.2) is 0 Å². The molecule has 6 heteroatoms. The summed E-state index contributed by atoms with van der Waals surface area (Å²) in [5, 5.41) is 13.6. The number of carbonyl (C=O) groups excluding carboxylic acids is 1. The number of amides is 1. The van der Waals surface area contributed by atoms with E-state index < -0.39 is 0 Å². The average Bonchev–Trinajstić information content (AvgIpc) is 2.75. The van der Waals surface area contributed by atoms with Crippen molar-refractivity contribution in [2.45, 2.75) is 13.5 Å². The molecule has 0 atom stereocenters. The van der Waals surface area contributed by atoms with Crippen LogP contribution in [0.5, 0.6) is 5.75 Å². The second kappa shape index (κ2) is 5.37. The molecule has 2 N–H and O–H groups in total. The van der Waals surface area contributed by atoms with Crippen LogP contribution < -0.4 is 5.32 Å². The zero-order valence-corrected chi connectivity index (χ0v) is 11.2. The number of phenolic OH excluding ortho intramolecular Hbond substituents is 1. The van der Waals surface area contributed by atoms with Gasteiger partial charge in [-0.05, 0) is 25.1 Å². The minimum atomic E-state index is -0.360. The summed E-state index contributed by atoms with van der Waals surface area (Å²) < 4.78 is 0. The zero-order valence-electron chi connectivity index (χ0n) is 9.61. The van der Waals surface area contributed by atoms with E-state index in [1.165, 1.54) is 29.5 Å². The van der Waals surface area contributed by atoms with Crippen molar-refractivity contribution >= 4 is 28.8 Å². The smallest absolute Gasteiger partial charge is 0.255 e. The molecule has 2 rings (SSSR count). The first-order valence-electron chi connectivity index (χ1n) is 5.24. The number of thiazole rings is 1. The van der Waals surface area contributed by atoms with Crippen LogP contribution in [-0.2, 0) is 6.54 Å². The van der Waals surface area contributed by atoms with Crippen molar-refractivity contribution < 1.29 is 9.90 Å². The fourth-order valence-electron chi connectivity index (χ4n) is 1.44. The third-order valence-electron chi connectivity index (χ3n) is 2.30. The number of nitrogens with zero attached hydrogens (tertiary/aromatic N) is 1. The van der Waals surface area contributed by atoms with Gasteiger partial charge >= 0.3 is 0 Å². The van der Waals surface area contributed by atoms with Crippen molar-refractivity contribution in [2.75, 3.05) is 0 Å². The largest absolute Gasteiger partial charge is 0.507 e. The lowest BCUT2D eigenvalue weighted by molar-refractivity contribution is 0.0948. The number of halogens is 1. The molecule has 1 aromatic carbocycles. The number of benzene rings is 1. The summed E-state index contributed by atoms with van der Waals surface area (Å²) in [6.07, 6.45) is 1.72. The number of hydrogen-bond donors (Lipinski definition) is 2. The van der Waals surface area contributed by atoms with E-state index in [0.29, 0.717) is 11.6 Å². The van der Waals surface area contributed by atoms with Gasteiger partial charge in [-0.2, -0.15) is 0 Å². The van der Waals surface area contributed by atoms with E-state index in [1.807, 2.05) is 6.92 Å². The van der Waals surface area contributed by atoms with E-state index in [-0.39, 0.29) is 17.2 Å². The van der Waals surface area contributed by atoms with Crippen molar-refractivity contribution in [3.05, 3.63) is 44.9 Å². The molecular weight excluding hydrogens is 272 g/mol. The Kier molecular flexibility index (Phi) is 3.84. The van der Waals surface area contributed by atoms with Gasteiger partial charge in [0.25, 0.3) is 5.91 Å². The van der Waals surface area contributed by atoms with Gasteiger partial charge in [0.2, 0.25) is 0 Å². The Labute approximate surface area is 113 Å². The lowest BCUT2D eigenvalue weighted by Crippen LogP contribution is -2.22. The van der Waals surface area contributed by atoms with E-state index in [0.717, 1.165) is 9.88 Å². The number of rotatable bonds is 3. The minimum Gasteiger partial charge on any atom is -0.507 e. The van der Waals surface area contributed by atoms with Crippen LogP contribution in [0.3, 0.4) is 0 Å². The Hall–Kier alpha value is -1.59. The summed E-state index contributed by atoms with van der Waals surface area (Å²) >= 11 is 7.30. The van der Waals surface area contributed by atoms with Crippen molar-refractivity contribution in [3.8, 4) is 5.75 Å².